The van der Waals surface area contributed by atoms with Gasteiger partial charge in [-0.3, -0.25) is 0 Å². The molecule has 0 unspecified atom stereocenters. The van der Waals surface area contributed by atoms with Crippen LogP contribution in [0.2, 0.25) is 0 Å². The summed E-state index contributed by atoms with van der Waals surface area (Å²) in [7, 11) is 0. The first-order valence-electron chi connectivity index (χ1n) is 7.07. The van der Waals surface area contributed by atoms with Gasteiger partial charge in [0, 0.05) is 5.56 Å². The fourth-order valence-electron chi connectivity index (χ4n) is 2.32. The zero-order chi connectivity index (χ0) is 13.9. The molecule has 4 nitrogen and oxygen atoms in total. The van der Waals surface area contributed by atoms with Crippen LogP contribution in [0.15, 0.2) is 28.8 Å². The summed E-state index contributed by atoms with van der Waals surface area (Å²) in [6, 6.07) is 6.31. The summed E-state index contributed by atoms with van der Waals surface area (Å²) < 4.78 is 11.2. The van der Waals surface area contributed by atoms with Crippen molar-refractivity contribution in [1.82, 2.24) is 10.3 Å². The standard InChI is InChI=1S/C16H20N2O2/c1-11(2)6-17-8-16-18-7-15(20-16)12-3-4-13-9-19-10-14(13)5-12/h3-5,7,11,17H,6,8-10H2,1-2H3. The van der Waals surface area contributed by atoms with Crippen molar-refractivity contribution in [3.63, 3.8) is 0 Å². The van der Waals surface area contributed by atoms with Crippen LogP contribution in [0, 0.1) is 5.92 Å². The summed E-state index contributed by atoms with van der Waals surface area (Å²) in [5, 5.41) is 3.33. The van der Waals surface area contributed by atoms with Crippen molar-refractivity contribution < 1.29 is 9.15 Å². The fraction of sp³-hybridized carbons (Fsp3) is 0.438. The number of benzene rings is 1. The highest BCUT2D eigenvalue weighted by Crippen LogP contribution is 2.27. The molecule has 1 aromatic heterocycles. The number of ether oxygens (including phenoxy) is 1. The first-order chi connectivity index (χ1) is 9.72. The number of fused-ring (bicyclic) bond motifs is 1. The molecule has 106 valence electrons. The molecule has 0 amide bonds. The van der Waals surface area contributed by atoms with Crippen molar-refractivity contribution in [3.05, 3.63) is 41.4 Å². The van der Waals surface area contributed by atoms with E-state index >= 15 is 0 Å². The molecular formula is C16H20N2O2. The van der Waals surface area contributed by atoms with E-state index < -0.39 is 0 Å². The van der Waals surface area contributed by atoms with Crippen LogP contribution in [0.1, 0.15) is 30.9 Å². The summed E-state index contributed by atoms with van der Waals surface area (Å²) in [5.41, 5.74) is 3.59. The number of oxazole rings is 1. The molecule has 2 heterocycles. The van der Waals surface area contributed by atoms with E-state index in [4.69, 9.17) is 9.15 Å². The third-order valence-electron chi connectivity index (χ3n) is 3.39. The molecule has 0 atom stereocenters. The van der Waals surface area contributed by atoms with Crippen LogP contribution in [0.5, 0.6) is 0 Å². The molecule has 0 bridgehead atoms. The van der Waals surface area contributed by atoms with Gasteiger partial charge in [-0.2, -0.15) is 0 Å². The van der Waals surface area contributed by atoms with Crippen molar-refractivity contribution in [2.75, 3.05) is 6.54 Å². The third-order valence-corrected chi connectivity index (χ3v) is 3.39. The van der Waals surface area contributed by atoms with E-state index in [0.29, 0.717) is 19.1 Å². The molecule has 2 aromatic rings. The quantitative estimate of drug-likeness (QED) is 0.908. The average molecular weight is 272 g/mol. The maximum Gasteiger partial charge on any atom is 0.208 e. The van der Waals surface area contributed by atoms with Crippen molar-refractivity contribution in [3.8, 4) is 11.3 Å². The lowest BCUT2D eigenvalue weighted by Crippen LogP contribution is -2.18. The first kappa shape index (κ1) is 13.3. The van der Waals surface area contributed by atoms with Gasteiger partial charge in [0.15, 0.2) is 5.76 Å². The van der Waals surface area contributed by atoms with Gasteiger partial charge in [0.1, 0.15) is 0 Å². The number of hydrogen-bond donors (Lipinski definition) is 1. The van der Waals surface area contributed by atoms with Gasteiger partial charge in [-0.1, -0.05) is 26.0 Å². The smallest absolute Gasteiger partial charge is 0.208 e. The average Bonchev–Trinajstić information content (AvgIpc) is 3.05. The van der Waals surface area contributed by atoms with Crippen LogP contribution in [0.4, 0.5) is 0 Å². The van der Waals surface area contributed by atoms with Crippen molar-refractivity contribution >= 4 is 0 Å². The zero-order valence-electron chi connectivity index (χ0n) is 12.0. The Bertz CT molecular complexity index is 590. The Labute approximate surface area is 119 Å². The predicted molar refractivity (Wildman–Crippen MR) is 77.0 cm³/mol. The molecule has 4 heteroatoms. The molecule has 0 fully saturated rings. The third kappa shape index (κ3) is 2.92. The van der Waals surface area contributed by atoms with E-state index in [1.165, 1.54) is 11.1 Å². The summed E-state index contributed by atoms with van der Waals surface area (Å²) in [6.07, 6.45) is 1.80. The van der Waals surface area contributed by atoms with Gasteiger partial charge in [0.25, 0.3) is 0 Å². The molecule has 1 aliphatic heterocycles. The lowest BCUT2D eigenvalue weighted by molar-refractivity contribution is 0.134. The van der Waals surface area contributed by atoms with E-state index in [0.717, 1.165) is 30.4 Å². The molecule has 1 N–H and O–H groups in total. The highest BCUT2D eigenvalue weighted by atomic mass is 16.5. The second kappa shape index (κ2) is 5.77. The second-order valence-electron chi connectivity index (χ2n) is 5.62. The van der Waals surface area contributed by atoms with E-state index in [1.54, 1.807) is 6.20 Å². The molecule has 1 aliphatic rings. The zero-order valence-corrected chi connectivity index (χ0v) is 12.0. The lowest BCUT2D eigenvalue weighted by atomic mass is 10.1. The number of rotatable bonds is 5. The maximum atomic E-state index is 5.80. The van der Waals surface area contributed by atoms with E-state index in [9.17, 15) is 0 Å². The van der Waals surface area contributed by atoms with Crippen LogP contribution in [0.3, 0.4) is 0 Å². The molecule has 0 aliphatic carbocycles. The van der Waals surface area contributed by atoms with Crippen LogP contribution in [-0.4, -0.2) is 11.5 Å². The predicted octanol–water partition coefficient (Wildman–Crippen LogP) is 3.12. The molecule has 0 saturated carbocycles. The Morgan fingerprint density at radius 2 is 2.10 bits per heavy atom. The van der Waals surface area contributed by atoms with Crippen LogP contribution < -0.4 is 5.32 Å². The summed E-state index contributed by atoms with van der Waals surface area (Å²) in [5.74, 6) is 2.18. The minimum absolute atomic E-state index is 0.626. The minimum Gasteiger partial charge on any atom is -0.439 e. The second-order valence-corrected chi connectivity index (χ2v) is 5.62. The molecule has 3 rings (SSSR count). The largest absolute Gasteiger partial charge is 0.439 e. The summed E-state index contributed by atoms with van der Waals surface area (Å²) in [6.45, 7) is 7.41. The Kier molecular flexibility index (Phi) is 3.85. The monoisotopic (exact) mass is 272 g/mol. The lowest BCUT2D eigenvalue weighted by Gasteiger charge is -2.04. The number of nitrogens with one attached hydrogen (secondary N) is 1. The molecule has 1 aromatic carbocycles. The summed E-state index contributed by atoms with van der Waals surface area (Å²) >= 11 is 0. The minimum atomic E-state index is 0.626. The van der Waals surface area contributed by atoms with Crippen molar-refractivity contribution in [2.24, 2.45) is 5.92 Å². The number of nitrogens with zero attached hydrogens (tertiary/aromatic N) is 1. The first-order valence-corrected chi connectivity index (χ1v) is 7.07. The Morgan fingerprint density at radius 3 is 2.95 bits per heavy atom. The molecule has 20 heavy (non-hydrogen) atoms. The SMILES string of the molecule is CC(C)CNCc1ncc(-c2ccc3c(c2)COC3)o1. The van der Waals surface area contributed by atoms with Gasteiger partial charge in [-0.25, -0.2) is 4.98 Å². The number of aromatic nitrogens is 1. The van der Waals surface area contributed by atoms with Gasteiger partial charge in [-0.05, 0) is 29.7 Å². The Morgan fingerprint density at radius 1 is 1.25 bits per heavy atom. The maximum absolute atomic E-state index is 5.80. The van der Waals surface area contributed by atoms with Crippen LogP contribution in [0.25, 0.3) is 11.3 Å². The molecule has 0 radical (unpaired) electrons. The Balaban J connectivity index is 1.70. The van der Waals surface area contributed by atoms with E-state index in [1.807, 2.05) is 0 Å². The van der Waals surface area contributed by atoms with Crippen molar-refractivity contribution in [2.45, 2.75) is 33.6 Å². The van der Waals surface area contributed by atoms with Gasteiger partial charge in [0.2, 0.25) is 5.89 Å². The van der Waals surface area contributed by atoms with Crippen LogP contribution >= 0.6 is 0 Å². The summed E-state index contributed by atoms with van der Waals surface area (Å²) in [4.78, 5) is 4.32. The fourth-order valence-corrected chi connectivity index (χ4v) is 2.32. The topological polar surface area (TPSA) is 47.3 Å². The molecular weight excluding hydrogens is 252 g/mol. The highest BCUT2D eigenvalue weighted by molar-refractivity contribution is 5.59. The van der Waals surface area contributed by atoms with Gasteiger partial charge >= 0.3 is 0 Å². The van der Waals surface area contributed by atoms with E-state index in [-0.39, 0.29) is 0 Å². The van der Waals surface area contributed by atoms with Gasteiger partial charge in [0.05, 0.1) is 26.0 Å². The van der Waals surface area contributed by atoms with Gasteiger partial charge < -0.3 is 14.5 Å². The highest BCUT2D eigenvalue weighted by Gasteiger charge is 2.13. The molecule has 0 spiro atoms. The number of hydrogen-bond acceptors (Lipinski definition) is 4. The van der Waals surface area contributed by atoms with Gasteiger partial charge in [-0.15, -0.1) is 0 Å². The normalized spacial score (nSPS) is 13.9. The Hall–Kier alpha value is -1.65. The van der Waals surface area contributed by atoms with Crippen LogP contribution in [-0.2, 0) is 24.5 Å². The van der Waals surface area contributed by atoms with Crippen molar-refractivity contribution in [1.29, 1.82) is 0 Å². The van der Waals surface area contributed by atoms with E-state index in [2.05, 4.69) is 42.3 Å². The molecule has 0 saturated heterocycles.